The molecule has 0 fully saturated rings. The highest BCUT2D eigenvalue weighted by Gasteiger charge is 2.08. The molecule has 96 valence electrons. The summed E-state index contributed by atoms with van der Waals surface area (Å²) in [6.45, 7) is 3.13. The first kappa shape index (κ1) is 13.5. The van der Waals surface area contributed by atoms with E-state index in [0.717, 1.165) is 24.4 Å². The molecule has 2 rings (SSSR count). The van der Waals surface area contributed by atoms with E-state index >= 15 is 0 Å². The van der Waals surface area contributed by atoms with Crippen LogP contribution in [-0.2, 0) is 6.42 Å². The lowest BCUT2D eigenvalue weighted by Crippen LogP contribution is -2.23. The molecule has 0 saturated carbocycles. The van der Waals surface area contributed by atoms with Crippen molar-refractivity contribution in [3.05, 3.63) is 51.4 Å². The van der Waals surface area contributed by atoms with Gasteiger partial charge in [-0.2, -0.15) is 0 Å². The number of hydrogen-bond donors (Lipinski definition) is 1. The number of halogens is 1. The van der Waals surface area contributed by atoms with Crippen molar-refractivity contribution in [1.82, 2.24) is 10.3 Å². The molecule has 2 nitrogen and oxygen atoms in total. The van der Waals surface area contributed by atoms with Gasteiger partial charge in [-0.25, -0.2) is 4.98 Å². The standard InChI is InChI=1S/C14H17ClN2S/c1-2-13(11-4-3-5-12(15)10-11)16-7-6-14-17-8-9-18-14/h3-5,8-10,13,16H,2,6-7H2,1H3. The highest BCUT2D eigenvalue weighted by atomic mass is 35.5. The molecule has 0 aliphatic rings. The molecule has 4 heteroatoms. The second kappa shape index (κ2) is 6.88. The van der Waals surface area contributed by atoms with Gasteiger partial charge in [0.15, 0.2) is 0 Å². The highest BCUT2D eigenvalue weighted by molar-refractivity contribution is 7.09. The first-order valence-electron chi connectivity index (χ1n) is 6.17. The zero-order valence-electron chi connectivity index (χ0n) is 10.4. The Kier molecular flexibility index (Phi) is 5.17. The van der Waals surface area contributed by atoms with Gasteiger partial charge in [0.25, 0.3) is 0 Å². The van der Waals surface area contributed by atoms with Gasteiger partial charge in [0.05, 0.1) is 5.01 Å². The van der Waals surface area contributed by atoms with E-state index in [1.807, 2.05) is 29.8 Å². The summed E-state index contributed by atoms with van der Waals surface area (Å²) in [5.41, 5.74) is 1.25. The molecule has 1 aromatic heterocycles. The van der Waals surface area contributed by atoms with Crippen LogP contribution in [0.2, 0.25) is 5.02 Å². The van der Waals surface area contributed by atoms with Gasteiger partial charge in [0, 0.05) is 35.6 Å². The molecule has 0 bridgehead atoms. The molecule has 0 saturated heterocycles. The summed E-state index contributed by atoms with van der Waals surface area (Å²) in [4.78, 5) is 4.28. The van der Waals surface area contributed by atoms with Gasteiger partial charge in [0.2, 0.25) is 0 Å². The van der Waals surface area contributed by atoms with Crippen LogP contribution < -0.4 is 5.32 Å². The third kappa shape index (κ3) is 3.80. The van der Waals surface area contributed by atoms with E-state index in [-0.39, 0.29) is 0 Å². The predicted octanol–water partition coefficient (Wildman–Crippen LogP) is 4.08. The van der Waals surface area contributed by atoms with Crippen LogP contribution in [0.5, 0.6) is 0 Å². The average Bonchev–Trinajstić information content (AvgIpc) is 2.88. The third-order valence-electron chi connectivity index (χ3n) is 2.87. The Balaban J connectivity index is 1.89. The van der Waals surface area contributed by atoms with Crippen molar-refractivity contribution in [1.29, 1.82) is 0 Å². The highest BCUT2D eigenvalue weighted by Crippen LogP contribution is 2.20. The fourth-order valence-corrected chi connectivity index (χ4v) is 2.77. The summed E-state index contributed by atoms with van der Waals surface area (Å²) in [5, 5.41) is 7.56. The second-order valence-corrected chi connectivity index (χ2v) is 5.56. The zero-order valence-corrected chi connectivity index (χ0v) is 12.0. The normalized spacial score (nSPS) is 12.6. The summed E-state index contributed by atoms with van der Waals surface area (Å²) in [5.74, 6) is 0. The van der Waals surface area contributed by atoms with E-state index in [2.05, 4.69) is 23.3 Å². The smallest absolute Gasteiger partial charge is 0.0937 e. The van der Waals surface area contributed by atoms with Gasteiger partial charge in [-0.15, -0.1) is 11.3 Å². The fourth-order valence-electron chi connectivity index (χ4n) is 1.95. The summed E-state index contributed by atoms with van der Waals surface area (Å²) in [7, 11) is 0. The fraction of sp³-hybridized carbons (Fsp3) is 0.357. The molecular formula is C14H17ClN2S. The number of aromatic nitrogens is 1. The minimum absolute atomic E-state index is 0.365. The summed E-state index contributed by atoms with van der Waals surface area (Å²) in [6.07, 6.45) is 3.89. The Morgan fingerprint density at radius 3 is 3.00 bits per heavy atom. The Labute approximate surface area is 117 Å². The maximum absolute atomic E-state index is 6.03. The first-order chi connectivity index (χ1) is 8.79. The molecule has 0 spiro atoms. The van der Waals surface area contributed by atoms with Crippen LogP contribution in [0.1, 0.15) is 30.0 Å². The van der Waals surface area contributed by atoms with Crippen molar-refractivity contribution in [2.24, 2.45) is 0 Å². The Morgan fingerprint density at radius 2 is 2.33 bits per heavy atom. The van der Waals surface area contributed by atoms with E-state index < -0.39 is 0 Å². The first-order valence-corrected chi connectivity index (χ1v) is 7.42. The zero-order chi connectivity index (χ0) is 12.8. The van der Waals surface area contributed by atoms with Crippen LogP contribution in [0.4, 0.5) is 0 Å². The number of rotatable bonds is 6. The van der Waals surface area contributed by atoms with Crippen LogP contribution >= 0.6 is 22.9 Å². The van der Waals surface area contributed by atoms with Crippen LogP contribution in [0.3, 0.4) is 0 Å². The average molecular weight is 281 g/mol. The number of nitrogens with zero attached hydrogens (tertiary/aromatic N) is 1. The lowest BCUT2D eigenvalue weighted by molar-refractivity contribution is 0.522. The molecule has 0 aliphatic heterocycles. The van der Waals surface area contributed by atoms with E-state index in [9.17, 15) is 0 Å². The lowest BCUT2D eigenvalue weighted by atomic mass is 10.0. The molecule has 1 unspecified atom stereocenters. The SMILES string of the molecule is CCC(NCCc1nccs1)c1cccc(Cl)c1. The number of hydrogen-bond acceptors (Lipinski definition) is 3. The Hall–Kier alpha value is -0.900. The van der Waals surface area contributed by atoms with Crippen LogP contribution in [0.15, 0.2) is 35.8 Å². The topological polar surface area (TPSA) is 24.9 Å². The molecule has 0 aliphatic carbocycles. The van der Waals surface area contributed by atoms with Crippen molar-refractivity contribution in [2.45, 2.75) is 25.8 Å². The summed E-state index contributed by atoms with van der Waals surface area (Å²) < 4.78 is 0. The molecule has 0 amide bonds. The second-order valence-electron chi connectivity index (χ2n) is 4.15. The molecular weight excluding hydrogens is 264 g/mol. The van der Waals surface area contributed by atoms with Crippen molar-refractivity contribution in [3.63, 3.8) is 0 Å². The summed E-state index contributed by atoms with van der Waals surface area (Å²) >= 11 is 7.73. The third-order valence-corrected chi connectivity index (χ3v) is 3.95. The van der Waals surface area contributed by atoms with Gasteiger partial charge in [-0.3, -0.25) is 0 Å². The van der Waals surface area contributed by atoms with Crippen molar-refractivity contribution in [2.75, 3.05) is 6.54 Å². The van der Waals surface area contributed by atoms with Gasteiger partial charge >= 0.3 is 0 Å². The largest absolute Gasteiger partial charge is 0.310 e. The van der Waals surface area contributed by atoms with E-state index in [1.54, 1.807) is 11.3 Å². The maximum atomic E-state index is 6.03. The van der Waals surface area contributed by atoms with Crippen LogP contribution in [-0.4, -0.2) is 11.5 Å². The number of thiazole rings is 1. The predicted molar refractivity (Wildman–Crippen MR) is 78.3 cm³/mol. The van der Waals surface area contributed by atoms with Crippen LogP contribution in [0, 0.1) is 0 Å². The monoisotopic (exact) mass is 280 g/mol. The summed E-state index contributed by atoms with van der Waals surface area (Å²) in [6, 6.07) is 8.43. The molecule has 1 aromatic carbocycles. The molecule has 1 heterocycles. The molecule has 0 radical (unpaired) electrons. The molecule has 1 N–H and O–H groups in total. The molecule has 2 aromatic rings. The van der Waals surface area contributed by atoms with Gasteiger partial charge < -0.3 is 5.32 Å². The minimum Gasteiger partial charge on any atom is -0.310 e. The van der Waals surface area contributed by atoms with E-state index in [4.69, 9.17) is 11.6 Å². The number of benzene rings is 1. The quantitative estimate of drug-likeness (QED) is 0.862. The molecule has 18 heavy (non-hydrogen) atoms. The van der Waals surface area contributed by atoms with Crippen LogP contribution in [0.25, 0.3) is 0 Å². The van der Waals surface area contributed by atoms with Gasteiger partial charge in [0.1, 0.15) is 0 Å². The Morgan fingerprint density at radius 1 is 1.44 bits per heavy atom. The van der Waals surface area contributed by atoms with Crippen molar-refractivity contribution in [3.8, 4) is 0 Å². The van der Waals surface area contributed by atoms with E-state index in [1.165, 1.54) is 10.6 Å². The molecule has 1 atom stereocenters. The number of nitrogens with one attached hydrogen (secondary N) is 1. The maximum Gasteiger partial charge on any atom is 0.0937 e. The van der Waals surface area contributed by atoms with Gasteiger partial charge in [-0.1, -0.05) is 30.7 Å². The minimum atomic E-state index is 0.365. The van der Waals surface area contributed by atoms with Gasteiger partial charge in [-0.05, 0) is 24.1 Å². The van der Waals surface area contributed by atoms with Crippen molar-refractivity contribution >= 4 is 22.9 Å². The van der Waals surface area contributed by atoms with Crippen molar-refractivity contribution < 1.29 is 0 Å². The van der Waals surface area contributed by atoms with E-state index in [0.29, 0.717) is 6.04 Å². The lowest BCUT2D eigenvalue weighted by Gasteiger charge is -2.17. The Bertz CT molecular complexity index is 470.